The number of rotatable bonds is 2. The lowest BCUT2D eigenvalue weighted by Gasteiger charge is -2.01. The molecule has 0 unspecified atom stereocenters. The lowest BCUT2D eigenvalue weighted by Crippen LogP contribution is -1.98. The SMILES string of the molecule is C=C(C)c1ccc(-n2cc(C#N)nn2)nc1. The molecular weight excluding hydrogens is 202 g/mol. The standard InChI is InChI=1S/C11H9N5/c1-8(2)9-3-4-11(13-6-9)16-7-10(5-12)14-15-16/h3-4,6-7H,1H2,2H3. The van der Waals surface area contributed by atoms with Crippen LogP contribution in [0, 0.1) is 11.3 Å². The summed E-state index contributed by atoms with van der Waals surface area (Å²) in [5, 5.41) is 16.1. The van der Waals surface area contributed by atoms with E-state index in [9.17, 15) is 0 Å². The Kier molecular flexibility index (Phi) is 2.48. The Bertz CT molecular complexity index is 559. The molecule has 78 valence electrons. The van der Waals surface area contributed by atoms with E-state index in [4.69, 9.17) is 5.26 Å². The highest BCUT2D eigenvalue weighted by molar-refractivity contribution is 5.60. The lowest BCUT2D eigenvalue weighted by atomic mass is 10.1. The van der Waals surface area contributed by atoms with Gasteiger partial charge in [0.25, 0.3) is 0 Å². The normalized spacial score (nSPS) is 9.75. The number of nitriles is 1. The van der Waals surface area contributed by atoms with E-state index in [1.807, 2.05) is 19.1 Å². The number of pyridine rings is 1. The van der Waals surface area contributed by atoms with Gasteiger partial charge >= 0.3 is 0 Å². The maximum atomic E-state index is 8.62. The van der Waals surface area contributed by atoms with Crippen molar-refractivity contribution in [3.8, 4) is 11.9 Å². The van der Waals surface area contributed by atoms with Crippen LogP contribution in [0.5, 0.6) is 0 Å². The van der Waals surface area contributed by atoms with Gasteiger partial charge in [0.2, 0.25) is 0 Å². The van der Waals surface area contributed by atoms with Gasteiger partial charge in [-0.2, -0.15) is 5.26 Å². The molecule has 2 heterocycles. The fraction of sp³-hybridized carbons (Fsp3) is 0.0909. The predicted octanol–water partition coefficient (Wildman–Crippen LogP) is 1.57. The monoisotopic (exact) mass is 211 g/mol. The van der Waals surface area contributed by atoms with Crippen molar-refractivity contribution in [2.45, 2.75) is 6.92 Å². The number of hydrogen-bond donors (Lipinski definition) is 0. The van der Waals surface area contributed by atoms with E-state index in [0.717, 1.165) is 11.1 Å². The van der Waals surface area contributed by atoms with Gasteiger partial charge in [-0.1, -0.05) is 11.8 Å². The van der Waals surface area contributed by atoms with Crippen LogP contribution >= 0.6 is 0 Å². The molecule has 0 aromatic carbocycles. The molecule has 2 rings (SSSR count). The molecule has 0 aliphatic rings. The fourth-order valence-corrected chi connectivity index (χ4v) is 1.20. The highest BCUT2D eigenvalue weighted by Crippen LogP contribution is 2.11. The van der Waals surface area contributed by atoms with Crippen molar-refractivity contribution in [3.63, 3.8) is 0 Å². The summed E-state index contributed by atoms with van der Waals surface area (Å²) in [6.45, 7) is 5.74. The van der Waals surface area contributed by atoms with Crippen LogP contribution in [-0.2, 0) is 0 Å². The van der Waals surface area contributed by atoms with Crippen LogP contribution in [0.1, 0.15) is 18.2 Å². The van der Waals surface area contributed by atoms with Crippen LogP contribution in [-0.4, -0.2) is 20.0 Å². The number of nitrogens with zero attached hydrogens (tertiary/aromatic N) is 5. The highest BCUT2D eigenvalue weighted by atomic mass is 15.4. The minimum atomic E-state index is 0.269. The van der Waals surface area contributed by atoms with Gasteiger partial charge in [-0.15, -0.1) is 5.10 Å². The maximum absolute atomic E-state index is 8.62. The van der Waals surface area contributed by atoms with Crippen LogP contribution in [0.15, 0.2) is 31.1 Å². The Morgan fingerprint density at radius 2 is 2.31 bits per heavy atom. The molecule has 2 aromatic rings. The second-order valence-corrected chi connectivity index (χ2v) is 3.35. The Balaban J connectivity index is 2.35. The summed E-state index contributed by atoms with van der Waals surface area (Å²) < 4.78 is 1.46. The van der Waals surface area contributed by atoms with E-state index in [0.29, 0.717) is 5.82 Å². The summed E-state index contributed by atoms with van der Waals surface area (Å²) >= 11 is 0. The van der Waals surface area contributed by atoms with Gasteiger partial charge in [0.05, 0.1) is 6.20 Å². The molecule has 0 aliphatic heterocycles. The quantitative estimate of drug-likeness (QED) is 0.756. The zero-order valence-electron chi connectivity index (χ0n) is 8.75. The molecule has 2 aromatic heterocycles. The van der Waals surface area contributed by atoms with Crippen LogP contribution in [0.3, 0.4) is 0 Å². The van der Waals surface area contributed by atoms with Crippen molar-refractivity contribution in [2.75, 3.05) is 0 Å². The van der Waals surface area contributed by atoms with E-state index in [2.05, 4.69) is 21.9 Å². The van der Waals surface area contributed by atoms with E-state index in [-0.39, 0.29) is 5.69 Å². The van der Waals surface area contributed by atoms with E-state index in [1.165, 1.54) is 10.9 Å². The van der Waals surface area contributed by atoms with Crippen molar-refractivity contribution < 1.29 is 0 Å². The molecule has 5 nitrogen and oxygen atoms in total. The molecule has 0 radical (unpaired) electrons. The smallest absolute Gasteiger partial charge is 0.183 e. The molecule has 5 heteroatoms. The van der Waals surface area contributed by atoms with Crippen LogP contribution in [0.4, 0.5) is 0 Å². The molecular formula is C11H9N5. The number of allylic oxidation sites excluding steroid dienone is 1. The van der Waals surface area contributed by atoms with Gasteiger partial charge in [0.1, 0.15) is 6.07 Å². The highest BCUT2D eigenvalue weighted by Gasteiger charge is 2.03. The lowest BCUT2D eigenvalue weighted by molar-refractivity contribution is 0.780. The maximum Gasteiger partial charge on any atom is 0.183 e. The Morgan fingerprint density at radius 3 is 2.81 bits per heavy atom. The van der Waals surface area contributed by atoms with Crippen LogP contribution < -0.4 is 0 Å². The third-order valence-corrected chi connectivity index (χ3v) is 2.08. The Hall–Kier alpha value is -2.48. The Labute approximate surface area is 92.7 Å². The van der Waals surface area contributed by atoms with Gasteiger partial charge in [0, 0.05) is 6.20 Å². The summed E-state index contributed by atoms with van der Waals surface area (Å²) in [5.74, 6) is 0.624. The molecule has 16 heavy (non-hydrogen) atoms. The molecule has 0 saturated heterocycles. The molecule has 0 fully saturated rings. The average molecular weight is 211 g/mol. The summed E-state index contributed by atoms with van der Waals surface area (Å²) in [6, 6.07) is 5.62. The van der Waals surface area contributed by atoms with Gasteiger partial charge in [-0.3, -0.25) is 0 Å². The third kappa shape index (κ3) is 1.81. The summed E-state index contributed by atoms with van der Waals surface area (Å²) in [6.07, 6.45) is 3.24. The minimum Gasteiger partial charge on any atom is -0.236 e. The zero-order valence-corrected chi connectivity index (χ0v) is 8.75. The molecule has 0 bridgehead atoms. The van der Waals surface area contributed by atoms with Crippen LogP contribution in [0.2, 0.25) is 0 Å². The second-order valence-electron chi connectivity index (χ2n) is 3.35. The van der Waals surface area contributed by atoms with Crippen molar-refractivity contribution >= 4 is 5.57 Å². The van der Waals surface area contributed by atoms with Crippen molar-refractivity contribution in [1.29, 1.82) is 5.26 Å². The van der Waals surface area contributed by atoms with Gasteiger partial charge in [0.15, 0.2) is 11.5 Å². The van der Waals surface area contributed by atoms with E-state index < -0.39 is 0 Å². The third-order valence-electron chi connectivity index (χ3n) is 2.08. The van der Waals surface area contributed by atoms with Gasteiger partial charge in [-0.25, -0.2) is 9.67 Å². The first-order valence-corrected chi connectivity index (χ1v) is 4.65. The van der Waals surface area contributed by atoms with Crippen LogP contribution in [0.25, 0.3) is 11.4 Å². The topological polar surface area (TPSA) is 67.4 Å². The second kappa shape index (κ2) is 3.95. The van der Waals surface area contributed by atoms with Gasteiger partial charge in [-0.05, 0) is 30.2 Å². The minimum absolute atomic E-state index is 0.269. The van der Waals surface area contributed by atoms with E-state index in [1.54, 1.807) is 12.3 Å². The summed E-state index contributed by atoms with van der Waals surface area (Å²) in [4.78, 5) is 4.21. The Morgan fingerprint density at radius 1 is 1.50 bits per heavy atom. The average Bonchev–Trinajstić information content (AvgIpc) is 2.77. The summed E-state index contributed by atoms with van der Waals surface area (Å²) in [7, 11) is 0. The molecule has 0 aliphatic carbocycles. The fourth-order valence-electron chi connectivity index (χ4n) is 1.20. The van der Waals surface area contributed by atoms with Crippen molar-refractivity contribution in [1.82, 2.24) is 20.0 Å². The van der Waals surface area contributed by atoms with Crippen molar-refractivity contribution in [3.05, 3.63) is 42.4 Å². The molecule has 0 N–H and O–H groups in total. The first-order chi connectivity index (χ1) is 7.70. The molecule has 0 amide bonds. The first-order valence-electron chi connectivity index (χ1n) is 4.65. The predicted molar refractivity (Wildman–Crippen MR) is 58.6 cm³/mol. The molecule has 0 spiro atoms. The molecule has 0 atom stereocenters. The molecule has 0 saturated carbocycles. The van der Waals surface area contributed by atoms with Crippen molar-refractivity contribution in [2.24, 2.45) is 0 Å². The van der Waals surface area contributed by atoms with E-state index >= 15 is 0 Å². The number of aromatic nitrogens is 4. The summed E-state index contributed by atoms with van der Waals surface area (Å²) in [5.41, 5.74) is 2.20. The first kappa shape index (κ1) is 10.1. The number of hydrogen-bond acceptors (Lipinski definition) is 4. The van der Waals surface area contributed by atoms with Gasteiger partial charge < -0.3 is 0 Å². The zero-order chi connectivity index (χ0) is 11.5. The largest absolute Gasteiger partial charge is 0.236 e.